The zero-order chi connectivity index (χ0) is 22.0. The Bertz CT molecular complexity index is 1200. The predicted octanol–water partition coefficient (Wildman–Crippen LogP) is 6.39. The molecule has 31 heavy (non-hydrogen) atoms. The number of alkyl halides is 3. The van der Waals surface area contributed by atoms with E-state index in [-0.39, 0.29) is 11.6 Å². The van der Waals surface area contributed by atoms with Gasteiger partial charge in [-0.2, -0.15) is 13.2 Å². The number of aromatic nitrogens is 1. The van der Waals surface area contributed by atoms with Gasteiger partial charge in [0.15, 0.2) is 5.13 Å². The van der Waals surface area contributed by atoms with Gasteiger partial charge in [0.25, 0.3) is 0 Å². The topological polar surface area (TPSA) is 68.0 Å². The average molecular weight is 439 g/mol. The molecule has 0 saturated carbocycles. The molecule has 0 atom stereocenters. The Hall–Kier alpha value is -3.65. The van der Waals surface area contributed by atoms with Crippen LogP contribution in [0.4, 0.5) is 29.8 Å². The molecular weight excluding hydrogens is 423 g/mol. The average Bonchev–Trinajstić information content (AvgIpc) is 3.13. The van der Waals surface area contributed by atoms with Gasteiger partial charge in [-0.1, -0.05) is 65.9 Å². The number of para-hydroxylation sites is 1. The number of nitrogens with one attached hydrogen (secondary N) is 1. The highest BCUT2D eigenvalue weighted by atomic mass is 32.1. The Kier molecular flexibility index (Phi) is 5.48. The van der Waals surface area contributed by atoms with E-state index in [1.807, 2.05) is 30.3 Å². The fourth-order valence-electron chi connectivity index (χ4n) is 2.99. The first-order valence-corrected chi connectivity index (χ1v) is 10.0. The van der Waals surface area contributed by atoms with E-state index in [9.17, 15) is 18.0 Å². The van der Waals surface area contributed by atoms with Crippen LogP contribution in [-0.2, 0) is 6.18 Å². The number of nitrogen functional groups attached to an aromatic ring is 1. The Morgan fingerprint density at radius 1 is 0.871 bits per heavy atom. The molecule has 0 fully saturated rings. The molecule has 0 bridgehead atoms. The number of ketones is 1. The van der Waals surface area contributed by atoms with E-state index in [0.29, 0.717) is 26.7 Å². The van der Waals surface area contributed by atoms with Gasteiger partial charge in [-0.25, -0.2) is 4.98 Å². The van der Waals surface area contributed by atoms with Crippen molar-refractivity contribution in [3.8, 4) is 11.1 Å². The molecule has 1 heterocycles. The minimum atomic E-state index is -4.38. The van der Waals surface area contributed by atoms with Crippen molar-refractivity contribution >= 4 is 33.8 Å². The number of thiazole rings is 1. The first-order chi connectivity index (χ1) is 14.8. The van der Waals surface area contributed by atoms with Crippen LogP contribution in [0.3, 0.4) is 0 Å². The maximum Gasteiger partial charge on any atom is 0.416 e. The summed E-state index contributed by atoms with van der Waals surface area (Å²) in [4.78, 5) is 17.4. The minimum Gasteiger partial charge on any atom is -0.382 e. The first-order valence-electron chi connectivity index (χ1n) is 9.22. The molecule has 4 aromatic rings. The second-order valence-electron chi connectivity index (χ2n) is 6.71. The molecule has 3 N–H and O–H groups in total. The van der Waals surface area contributed by atoms with Crippen molar-refractivity contribution in [3.05, 3.63) is 94.9 Å². The summed E-state index contributed by atoms with van der Waals surface area (Å²) in [5, 5.41) is 3.62. The third kappa shape index (κ3) is 4.59. The van der Waals surface area contributed by atoms with Crippen molar-refractivity contribution in [3.63, 3.8) is 0 Å². The van der Waals surface area contributed by atoms with Crippen LogP contribution in [0.1, 0.15) is 20.8 Å². The highest BCUT2D eigenvalue weighted by Crippen LogP contribution is 2.32. The van der Waals surface area contributed by atoms with Crippen molar-refractivity contribution in [2.75, 3.05) is 11.1 Å². The molecule has 4 rings (SSSR count). The van der Waals surface area contributed by atoms with Gasteiger partial charge >= 0.3 is 6.18 Å². The quantitative estimate of drug-likeness (QED) is 0.354. The summed E-state index contributed by atoms with van der Waals surface area (Å²) < 4.78 is 38.2. The molecule has 0 saturated heterocycles. The highest BCUT2D eigenvalue weighted by Gasteiger charge is 2.30. The predicted molar refractivity (Wildman–Crippen MR) is 117 cm³/mol. The van der Waals surface area contributed by atoms with Crippen LogP contribution in [0, 0.1) is 0 Å². The standard InChI is InChI=1S/C23H16F3N3OS/c24-23(25,26)17-12-10-15(11-13-17)14-6-8-16(9-7-14)19(30)20-21(27)29-22(31-20)28-18-4-2-1-3-5-18/h1-13H,27H2,(H,28,29). The van der Waals surface area contributed by atoms with E-state index in [0.717, 1.165) is 29.2 Å². The smallest absolute Gasteiger partial charge is 0.382 e. The van der Waals surface area contributed by atoms with Crippen molar-refractivity contribution in [2.24, 2.45) is 0 Å². The Balaban J connectivity index is 1.52. The monoisotopic (exact) mass is 439 g/mol. The third-order valence-corrected chi connectivity index (χ3v) is 5.56. The summed E-state index contributed by atoms with van der Waals surface area (Å²) in [7, 11) is 0. The van der Waals surface area contributed by atoms with Gasteiger partial charge in [-0.05, 0) is 35.4 Å². The van der Waals surface area contributed by atoms with Crippen LogP contribution in [0.15, 0.2) is 78.9 Å². The second kappa shape index (κ2) is 8.23. The maximum atomic E-state index is 12.9. The number of halogens is 3. The van der Waals surface area contributed by atoms with Crippen LogP contribution < -0.4 is 11.1 Å². The van der Waals surface area contributed by atoms with Crippen LogP contribution in [0.25, 0.3) is 11.1 Å². The Labute approximate surface area is 180 Å². The van der Waals surface area contributed by atoms with Gasteiger partial charge in [-0.3, -0.25) is 4.79 Å². The summed E-state index contributed by atoms with van der Waals surface area (Å²) in [5.41, 5.74) is 7.82. The number of benzene rings is 3. The molecule has 0 radical (unpaired) electrons. The van der Waals surface area contributed by atoms with Gasteiger partial charge in [0, 0.05) is 11.3 Å². The molecule has 8 heteroatoms. The summed E-state index contributed by atoms with van der Waals surface area (Å²) in [5.74, 6) is -0.129. The number of hydrogen-bond acceptors (Lipinski definition) is 5. The second-order valence-corrected chi connectivity index (χ2v) is 7.71. The van der Waals surface area contributed by atoms with Crippen LogP contribution >= 0.6 is 11.3 Å². The summed E-state index contributed by atoms with van der Waals surface area (Å²) in [6.45, 7) is 0. The van der Waals surface area contributed by atoms with Crippen molar-refractivity contribution in [2.45, 2.75) is 6.18 Å². The normalized spacial score (nSPS) is 11.3. The van der Waals surface area contributed by atoms with Gasteiger partial charge in [0.1, 0.15) is 10.7 Å². The van der Waals surface area contributed by atoms with E-state index in [1.165, 1.54) is 12.1 Å². The number of nitrogens with zero attached hydrogens (tertiary/aromatic N) is 1. The molecule has 0 unspecified atom stereocenters. The van der Waals surface area contributed by atoms with Gasteiger partial charge < -0.3 is 11.1 Å². The molecule has 1 aromatic heterocycles. The summed E-state index contributed by atoms with van der Waals surface area (Å²) >= 11 is 1.16. The number of rotatable bonds is 5. The van der Waals surface area contributed by atoms with Gasteiger partial charge in [-0.15, -0.1) is 0 Å². The number of anilines is 3. The van der Waals surface area contributed by atoms with Gasteiger partial charge in [0.05, 0.1) is 5.56 Å². The van der Waals surface area contributed by atoms with E-state index >= 15 is 0 Å². The van der Waals surface area contributed by atoms with Crippen LogP contribution in [0.2, 0.25) is 0 Å². The molecule has 3 aromatic carbocycles. The van der Waals surface area contributed by atoms with Gasteiger partial charge in [0.2, 0.25) is 5.78 Å². The fraction of sp³-hybridized carbons (Fsp3) is 0.0435. The fourth-order valence-corrected chi connectivity index (χ4v) is 3.86. The number of nitrogens with two attached hydrogens (primary N) is 1. The molecule has 0 spiro atoms. The largest absolute Gasteiger partial charge is 0.416 e. The van der Waals surface area contributed by atoms with Crippen molar-refractivity contribution in [1.82, 2.24) is 4.98 Å². The first kappa shape index (κ1) is 20.6. The SMILES string of the molecule is Nc1nc(Nc2ccccc2)sc1C(=O)c1ccc(-c2ccc(C(F)(F)F)cc2)cc1. The number of hydrogen-bond donors (Lipinski definition) is 2. The zero-order valence-electron chi connectivity index (χ0n) is 16.0. The minimum absolute atomic E-state index is 0.139. The highest BCUT2D eigenvalue weighted by molar-refractivity contribution is 7.18. The molecular formula is C23H16F3N3OS. The lowest BCUT2D eigenvalue weighted by molar-refractivity contribution is -0.137. The Morgan fingerprint density at radius 3 is 2.03 bits per heavy atom. The molecule has 4 nitrogen and oxygen atoms in total. The van der Waals surface area contributed by atoms with Crippen LogP contribution in [-0.4, -0.2) is 10.8 Å². The number of carbonyl (C=O) groups is 1. The van der Waals surface area contributed by atoms with E-state index < -0.39 is 11.7 Å². The lowest BCUT2D eigenvalue weighted by Crippen LogP contribution is -2.04. The summed E-state index contributed by atoms with van der Waals surface area (Å²) in [6, 6.07) is 20.9. The zero-order valence-corrected chi connectivity index (χ0v) is 16.8. The van der Waals surface area contributed by atoms with Crippen molar-refractivity contribution in [1.29, 1.82) is 0 Å². The molecule has 0 aliphatic heterocycles. The van der Waals surface area contributed by atoms with Crippen LogP contribution in [0.5, 0.6) is 0 Å². The lowest BCUT2D eigenvalue weighted by Gasteiger charge is -2.08. The Morgan fingerprint density at radius 2 is 1.45 bits per heavy atom. The van der Waals surface area contributed by atoms with E-state index in [2.05, 4.69) is 10.3 Å². The van der Waals surface area contributed by atoms with E-state index in [1.54, 1.807) is 24.3 Å². The summed E-state index contributed by atoms with van der Waals surface area (Å²) in [6.07, 6.45) is -4.38. The van der Waals surface area contributed by atoms with E-state index in [4.69, 9.17) is 5.73 Å². The lowest BCUT2D eigenvalue weighted by atomic mass is 10.0. The molecule has 156 valence electrons. The molecule has 0 aliphatic rings. The maximum absolute atomic E-state index is 12.9. The third-order valence-electron chi connectivity index (χ3n) is 4.58. The van der Waals surface area contributed by atoms with Crippen molar-refractivity contribution < 1.29 is 18.0 Å². The number of carbonyl (C=O) groups excluding carboxylic acids is 1. The molecule has 0 aliphatic carbocycles. The molecule has 0 amide bonds.